The third-order valence-corrected chi connectivity index (χ3v) is 7.37. The maximum Gasteiger partial charge on any atom is 0.125 e. The van der Waals surface area contributed by atoms with Gasteiger partial charge in [-0.05, 0) is 69.0 Å². The molecule has 0 aliphatic carbocycles. The molecule has 1 atom stereocenters. The van der Waals surface area contributed by atoms with Gasteiger partial charge in [0.05, 0.1) is 23.8 Å². The zero-order valence-corrected chi connectivity index (χ0v) is 19.0. The van der Waals surface area contributed by atoms with E-state index in [4.69, 9.17) is 26.1 Å². The standard InChI is InChI=1S/C23H29ClN2O3S/c1-17-21(16-29-20-7-5-19(24)6-8-20)30-22(25-17)23(27)9-3-11-26(12-10-23)14-18-4-2-13-28-15-18/h4-8,27H,2-3,9-16H2,1H3/t23-/m1/s1. The average molecular weight is 449 g/mol. The van der Waals surface area contributed by atoms with Crippen molar-refractivity contribution in [2.75, 3.05) is 32.8 Å². The number of aliphatic hydroxyl groups is 1. The maximum atomic E-state index is 11.4. The summed E-state index contributed by atoms with van der Waals surface area (Å²) in [5.41, 5.74) is 1.43. The lowest BCUT2D eigenvalue weighted by molar-refractivity contribution is 0.0210. The summed E-state index contributed by atoms with van der Waals surface area (Å²) in [6, 6.07) is 7.36. The molecule has 162 valence electrons. The van der Waals surface area contributed by atoms with Gasteiger partial charge in [0.1, 0.15) is 23.0 Å². The lowest BCUT2D eigenvalue weighted by Crippen LogP contribution is -2.31. The zero-order chi connectivity index (χ0) is 21.0. The molecule has 1 aromatic carbocycles. The van der Waals surface area contributed by atoms with Crippen molar-refractivity contribution in [3.63, 3.8) is 0 Å². The van der Waals surface area contributed by atoms with Crippen molar-refractivity contribution in [3.05, 3.63) is 56.5 Å². The van der Waals surface area contributed by atoms with E-state index in [1.54, 1.807) is 11.3 Å². The fourth-order valence-corrected chi connectivity index (χ4v) is 5.24. The summed E-state index contributed by atoms with van der Waals surface area (Å²) >= 11 is 7.50. The van der Waals surface area contributed by atoms with E-state index >= 15 is 0 Å². The predicted octanol–water partition coefficient (Wildman–Crippen LogP) is 4.70. The molecule has 2 aliphatic rings. The van der Waals surface area contributed by atoms with Crippen LogP contribution in [0.15, 0.2) is 35.9 Å². The van der Waals surface area contributed by atoms with Gasteiger partial charge in [0.2, 0.25) is 0 Å². The maximum absolute atomic E-state index is 11.4. The summed E-state index contributed by atoms with van der Waals surface area (Å²) in [6.07, 6.45) is 5.71. The average Bonchev–Trinajstić information content (AvgIpc) is 3.03. The Balaban J connectivity index is 1.38. The molecule has 2 aromatic rings. The van der Waals surface area contributed by atoms with Crippen LogP contribution in [-0.2, 0) is 16.9 Å². The summed E-state index contributed by atoms with van der Waals surface area (Å²) < 4.78 is 11.5. The molecular weight excluding hydrogens is 420 g/mol. The van der Waals surface area contributed by atoms with Crippen LogP contribution in [-0.4, -0.2) is 47.8 Å². The number of aryl methyl sites for hydroxylation is 1. The number of likely N-dealkylation sites (tertiary alicyclic amines) is 1. The molecule has 0 radical (unpaired) electrons. The van der Waals surface area contributed by atoms with Crippen molar-refractivity contribution in [3.8, 4) is 5.75 Å². The van der Waals surface area contributed by atoms with Crippen molar-refractivity contribution < 1.29 is 14.6 Å². The normalized spacial score (nSPS) is 23.1. The largest absolute Gasteiger partial charge is 0.488 e. The second-order valence-electron chi connectivity index (χ2n) is 8.14. The fraction of sp³-hybridized carbons (Fsp3) is 0.522. The van der Waals surface area contributed by atoms with E-state index in [0.29, 0.717) is 18.1 Å². The summed E-state index contributed by atoms with van der Waals surface area (Å²) in [4.78, 5) is 8.22. The van der Waals surface area contributed by atoms with Crippen LogP contribution in [0.4, 0.5) is 0 Å². The molecule has 0 unspecified atom stereocenters. The molecular formula is C23H29ClN2O3S. The summed E-state index contributed by atoms with van der Waals surface area (Å²) in [5.74, 6) is 0.776. The van der Waals surface area contributed by atoms with Gasteiger partial charge < -0.3 is 14.6 Å². The highest BCUT2D eigenvalue weighted by Gasteiger charge is 2.35. The van der Waals surface area contributed by atoms with Gasteiger partial charge in [-0.25, -0.2) is 4.98 Å². The van der Waals surface area contributed by atoms with Gasteiger partial charge in [0.15, 0.2) is 0 Å². The summed E-state index contributed by atoms with van der Waals surface area (Å²) in [7, 11) is 0. The number of nitrogens with zero attached hydrogens (tertiary/aromatic N) is 2. The minimum Gasteiger partial charge on any atom is -0.488 e. The number of hydrogen-bond donors (Lipinski definition) is 1. The number of aromatic nitrogens is 1. The minimum absolute atomic E-state index is 0.446. The number of hydrogen-bond acceptors (Lipinski definition) is 6. The van der Waals surface area contributed by atoms with Crippen molar-refractivity contribution in [1.29, 1.82) is 0 Å². The van der Waals surface area contributed by atoms with Crippen LogP contribution in [0.3, 0.4) is 0 Å². The van der Waals surface area contributed by atoms with Gasteiger partial charge in [0, 0.05) is 18.1 Å². The van der Waals surface area contributed by atoms with E-state index in [-0.39, 0.29) is 0 Å². The Bertz CT molecular complexity index is 883. The topological polar surface area (TPSA) is 54.8 Å². The highest BCUT2D eigenvalue weighted by molar-refractivity contribution is 7.11. The lowest BCUT2D eigenvalue weighted by atomic mass is 9.96. The van der Waals surface area contributed by atoms with E-state index in [0.717, 1.165) is 73.4 Å². The van der Waals surface area contributed by atoms with Crippen LogP contribution in [0.2, 0.25) is 5.02 Å². The molecule has 30 heavy (non-hydrogen) atoms. The Hall–Kier alpha value is -1.44. The first-order valence-electron chi connectivity index (χ1n) is 10.6. The molecule has 4 rings (SSSR count). The quantitative estimate of drug-likeness (QED) is 0.649. The van der Waals surface area contributed by atoms with Crippen molar-refractivity contribution >= 4 is 22.9 Å². The van der Waals surface area contributed by atoms with Crippen molar-refractivity contribution in [2.24, 2.45) is 0 Å². The Morgan fingerprint density at radius 1 is 1.27 bits per heavy atom. The smallest absolute Gasteiger partial charge is 0.125 e. The number of thiazole rings is 1. The van der Waals surface area contributed by atoms with Crippen LogP contribution in [0.25, 0.3) is 0 Å². The van der Waals surface area contributed by atoms with E-state index in [2.05, 4.69) is 11.0 Å². The van der Waals surface area contributed by atoms with Crippen LogP contribution >= 0.6 is 22.9 Å². The highest BCUT2D eigenvalue weighted by atomic mass is 35.5. The highest BCUT2D eigenvalue weighted by Crippen LogP contribution is 2.37. The van der Waals surface area contributed by atoms with Gasteiger partial charge in [-0.1, -0.05) is 17.7 Å². The number of ether oxygens (including phenoxy) is 2. The van der Waals surface area contributed by atoms with Crippen LogP contribution in [0.5, 0.6) is 5.75 Å². The van der Waals surface area contributed by atoms with Crippen LogP contribution < -0.4 is 4.74 Å². The van der Waals surface area contributed by atoms with Crippen LogP contribution in [0, 0.1) is 6.92 Å². The van der Waals surface area contributed by atoms with Crippen LogP contribution in [0.1, 0.15) is 41.3 Å². The van der Waals surface area contributed by atoms with Crippen molar-refractivity contribution in [2.45, 2.75) is 44.8 Å². The first kappa shape index (κ1) is 21.8. The molecule has 0 amide bonds. The summed E-state index contributed by atoms with van der Waals surface area (Å²) in [5, 5.41) is 12.9. The fourth-order valence-electron chi connectivity index (χ4n) is 3.99. The molecule has 3 heterocycles. The van der Waals surface area contributed by atoms with Crippen molar-refractivity contribution in [1.82, 2.24) is 9.88 Å². The lowest BCUT2D eigenvalue weighted by Gasteiger charge is -2.26. The van der Waals surface area contributed by atoms with Gasteiger partial charge in [-0.2, -0.15) is 0 Å². The first-order chi connectivity index (χ1) is 14.5. The molecule has 1 N–H and O–H groups in total. The van der Waals surface area contributed by atoms with Gasteiger partial charge >= 0.3 is 0 Å². The molecule has 0 saturated carbocycles. The molecule has 1 fully saturated rings. The molecule has 1 saturated heterocycles. The summed E-state index contributed by atoms with van der Waals surface area (Å²) in [6.45, 7) is 6.80. The zero-order valence-electron chi connectivity index (χ0n) is 17.4. The van der Waals surface area contributed by atoms with Gasteiger partial charge in [0.25, 0.3) is 0 Å². The SMILES string of the molecule is Cc1nc([C@@]2(O)CCCN(CC3=CCCOC3)CC2)sc1COc1ccc(Cl)cc1. The number of halogens is 1. The van der Waals surface area contributed by atoms with Gasteiger partial charge in [-0.15, -0.1) is 11.3 Å². The monoisotopic (exact) mass is 448 g/mol. The molecule has 0 spiro atoms. The van der Waals surface area contributed by atoms with E-state index in [9.17, 15) is 5.11 Å². The first-order valence-corrected chi connectivity index (χ1v) is 11.8. The third-order valence-electron chi connectivity index (χ3n) is 5.79. The Labute approximate surface area is 187 Å². The molecule has 7 heteroatoms. The minimum atomic E-state index is -0.861. The second kappa shape index (κ2) is 9.79. The van der Waals surface area contributed by atoms with E-state index in [1.807, 2.05) is 31.2 Å². The third kappa shape index (κ3) is 5.42. The Morgan fingerprint density at radius 2 is 2.10 bits per heavy atom. The molecule has 5 nitrogen and oxygen atoms in total. The number of rotatable bonds is 6. The predicted molar refractivity (Wildman–Crippen MR) is 120 cm³/mol. The van der Waals surface area contributed by atoms with E-state index < -0.39 is 5.60 Å². The molecule has 2 aliphatic heterocycles. The van der Waals surface area contributed by atoms with Gasteiger partial charge in [-0.3, -0.25) is 4.90 Å². The van der Waals surface area contributed by atoms with E-state index in [1.165, 1.54) is 5.57 Å². The Morgan fingerprint density at radius 3 is 2.87 bits per heavy atom. The number of benzene rings is 1. The Kier molecular flexibility index (Phi) is 7.11. The second-order valence-corrected chi connectivity index (χ2v) is 9.66. The molecule has 1 aromatic heterocycles. The molecule has 0 bridgehead atoms.